The Bertz CT molecular complexity index is 652. The van der Waals surface area contributed by atoms with Crippen molar-refractivity contribution in [2.45, 2.75) is 12.3 Å². The summed E-state index contributed by atoms with van der Waals surface area (Å²) in [6.45, 7) is 0.443. The van der Waals surface area contributed by atoms with Crippen molar-refractivity contribution in [3.63, 3.8) is 0 Å². The van der Waals surface area contributed by atoms with Gasteiger partial charge in [-0.2, -0.15) is 5.26 Å². The van der Waals surface area contributed by atoms with Crippen molar-refractivity contribution in [2.24, 2.45) is 0 Å². The molecule has 2 aromatic carbocycles. The van der Waals surface area contributed by atoms with Gasteiger partial charge in [-0.15, -0.1) is 0 Å². The number of nitrogens with zero attached hydrogens (tertiary/aromatic N) is 1. The first-order chi connectivity index (χ1) is 10.1. The summed E-state index contributed by atoms with van der Waals surface area (Å²) in [6, 6.07) is 15.0. The van der Waals surface area contributed by atoms with Crippen LogP contribution in [0, 0.1) is 11.3 Å². The molecule has 0 saturated carbocycles. The number of hydrogen-bond donors (Lipinski definition) is 0. The van der Waals surface area contributed by atoms with Crippen LogP contribution in [0.5, 0.6) is 5.75 Å². The summed E-state index contributed by atoms with van der Waals surface area (Å²) in [4.78, 5) is 0. The zero-order chi connectivity index (χ0) is 15.2. The zero-order valence-electron chi connectivity index (χ0n) is 11.0. The molecule has 0 spiro atoms. The average molecular weight is 385 g/mol. The van der Waals surface area contributed by atoms with E-state index in [0.717, 1.165) is 15.8 Å². The van der Waals surface area contributed by atoms with Crippen LogP contribution in [-0.4, -0.2) is 6.61 Å². The number of ether oxygens (including phenoxy) is 1. The van der Waals surface area contributed by atoms with Gasteiger partial charge >= 0.3 is 0 Å². The minimum atomic E-state index is -0.315. The summed E-state index contributed by atoms with van der Waals surface area (Å²) >= 11 is 15.4. The van der Waals surface area contributed by atoms with Crippen molar-refractivity contribution >= 4 is 39.1 Å². The topological polar surface area (TPSA) is 33.0 Å². The molecule has 0 aromatic heterocycles. The molecule has 0 N–H and O–H groups in total. The van der Waals surface area contributed by atoms with Crippen LogP contribution in [0.3, 0.4) is 0 Å². The maximum absolute atomic E-state index is 9.30. The second kappa shape index (κ2) is 7.70. The molecule has 5 heteroatoms. The smallest absolute Gasteiger partial charge is 0.119 e. The van der Waals surface area contributed by atoms with Gasteiger partial charge in [0.1, 0.15) is 5.75 Å². The van der Waals surface area contributed by atoms with Crippen molar-refractivity contribution in [2.75, 3.05) is 6.61 Å². The molecule has 0 aliphatic heterocycles. The van der Waals surface area contributed by atoms with E-state index in [4.69, 9.17) is 27.9 Å². The van der Waals surface area contributed by atoms with E-state index in [1.165, 1.54) is 0 Å². The first-order valence-corrected chi connectivity index (χ1v) is 7.88. The van der Waals surface area contributed by atoms with Gasteiger partial charge in [-0.25, -0.2) is 0 Å². The fraction of sp³-hybridized carbons (Fsp3) is 0.188. The largest absolute Gasteiger partial charge is 0.494 e. The second-order valence-corrected chi connectivity index (χ2v) is 6.20. The van der Waals surface area contributed by atoms with E-state index in [1.807, 2.05) is 24.3 Å². The highest BCUT2D eigenvalue weighted by Gasteiger charge is 2.14. The van der Waals surface area contributed by atoms with Crippen LogP contribution in [0.4, 0.5) is 0 Å². The Morgan fingerprint density at radius 3 is 2.48 bits per heavy atom. The van der Waals surface area contributed by atoms with Gasteiger partial charge in [-0.1, -0.05) is 45.2 Å². The second-order valence-electron chi connectivity index (χ2n) is 4.44. The van der Waals surface area contributed by atoms with Gasteiger partial charge in [0.05, 0.1) is 18.6 Å². The minimum Gasteiger partial charge on any atom is -0.494 e. The summed E-state index contributed by atoms with van der Waals surface area (Å²) < 4.78 is 6.64. The van der Waals surface area contributed by atoms with Gasteiger partial charge < -0.3 is 4.74 Å². The molecule has 0 radical (unpaired) electrons. The maximum Gasteiger partial charge on any atom is 0.119 e. The lowest BCUT2D eigenvalue weighted by Gasteiger charge is -2.12. The molecular weight excluding hydrogens is 373 g/mol. The highest BCUT2D eigenvalue weighted by molar-refractivity contribution is 9.10. The molecule has 2 nitrogen and oxygen atoms in total. The molecule has 0 amide bonds. The Morgan fingerprint density at radius 2 is 1.86 bits per heavy atom. The van der Waals surface area contributed by atoms with E-state index < -0.39 is 0 Å². The molecule has 0 heterocycles. The van der Waals surface area contributed by atoms with Gasteiger partial charge in [-0.05, 0) is 42.0 Å². The third-order valence-corrected chi connectivity index (χ3v) is 4.07. The van der Waals surface area contributed by atoms with E-state index in [0.29, 0.717) is 23.1 Å². The Kier molecular flexibility index (Phi) is 5.93. The highest BCUT2D eigenvalue weighted by atomic mass is 79.9. The van der Waals surface area contributed by atoms with Crippen molar-refractivity contribution < 1.29 is 4.74 Å². The molecule has 108 valence electrons. The molecule has 0 aliphatic rings. The Morgan fingerprint density at radius 1 is 1.14 bits per heavy atom. The average Bonchev–Trinajstić information content (AvgIpc) is 2.46. The van der Waals surface area contributed by atoms with E-state index in [9.17, 15) is 5.26 Å². The lowest BCUT2D eigenvalue weighted by molar-refractivity contribution is 0.306. The minimum absolute atomic E-state index is 0.315. The number of hydrogen-bond acceptors (Lipinski definition) is 2. The van der Waals surface area contributed by atoms with E-state index in [2.05, 4.69) is 22.0 Å². The lowest BCUT2D eigenvalue weighted by atomic mass is 9.97. The maximum atomic E-state index is 9.30. The van der Waals surface area contributed by atoms with E-state index in [1.54, 1.807) is 18.2 Å². The molecule has 0 fully saturated rings. The van der Waals surface area contributed by atoms with Crippen LogP contribution in [0.25, 0.3) is 0 Å². The molecule has 0 saturated heterocycles. The predicted molar refractivity (Wildman–Crippen MR) is 89.1 cm³/mol. The Balaban J connectivity index is 1.97. The third-order valence-electron chi connectivity index (χ3n) is 2.98. The van der Waals surface area contributed by atoms with Crippen molar-refractivity contribution in [1.29, 1.82) is 5.26 Å². The summed E-state index contributed by atoms with van der Waals surface area (Å²) in [5.41, 5.74) is 0.781. The summed E-state index contributed by atoms with van der Waals surface area (Å²) in [5.74, 6) is 0.460. The molecule has 21 heavy (non-hydrogen) atoms. The van der Waals surface area contributed by atoms with Crippen LogP contribution >= 0.6 is 39.1 Å². The quantitative estimate of drug-likeness (QED) is 0.649. The van der Waals surface area contributed by atoms with Crippen molar-refractivity contribution in [3.8, 4) is 11.8 Å². The van der Waals surface area contributed by atoms with Gasteiger partial charge in [0, 0.05) is 20.9 Å². The fourth-order valence-electron chi connectivity index (χ4n) is 1.90. The van der Waals surface area contributed by atoms with Gasteiger partial charge in [0.25, 0.3) is 0 Å². The van der Waals surface area contributed by atoms with Crippen LogP contribution in [0.1, 0.15) is 17.9 Å². The molecule has 1 atom stereocenters. The van der Waals surface area contributed by atoms with Crippen molar-refractivity contribution in [1.82, 2.24) is 0 Å². The molecule has 0 unspecified atom stereocenters. The van der Waals surface area contributed by atoms with Crippen molar-refractivity contribution in [3.05, 3.63) is 62.5 Å². The first-order valence-electron chi connectivity index (χ1n) is 6.33. The number of benzene rings is 2. The zero-order valence-corrected chi connectivity index (χ0v) is 14.1. The van der Waals surface area contributed by atoms with Crippen LogP contribution in [0.15, 0.2) is 46.9 Å². The molecule has 0 bridgehead atoms. The Labute approximate surface area is 142 Å². The van der Waals surface area contributed by atoms with Crippen LogP contribution < -0.4 is 4.74 Å². The van der Waals surface area contributed by atoms with Gasteiger partial charge in [0.15, 0.2) is 0 Å². The third kappa shape index (κ3) is 4.64. The molecular formula is C16H12BrCl2NO. The number of halogens is 3. The molecule has 2 rings (SSSR count). The summed E-state index contributed by atoms with van der Waals surface area (Å²) in [5, 5.41) is 10.4. The predicted octanol–water partition coefficient (Wildman–Crippen LogP) is 5.83. The number of nitriles is 1. The van der Waals surface area contributed by atoms with Crippen LogP contribution in [0.2, 0.25) is 10.0 Å². The van der Waals surface area contributed by atoms with Crippen LogP contribution in [-0.2, 0) is 0 Å². The summed E-state index contributed by atoms with van der Waals surface area (Å²) in [7, 11) is 0. The standard InChI is InChI=1S/C16H12BrCl2NO/c17-12-1-4-14(5-2-12)21-8-7-11(10-20)15-6-3-13(18)9-16(15)19/h1-6,9,11H,7-8H2/t11-/m0/s1. The number of rotatable bonds is 5. The van der Waals surface area contributed by atoms with Gasteiger partial charge in [-0.3, -0.25) is 0 Å². The molecule has 2 aromatic rings. The lowest BCUT2D eigenvalue weighted by Crippen LogP contribution is -2.05. The van der Waals surface area contributed by atoms with E-state index >= 15 is 0 Å². The van der Waals surface area contributed by atoms with Gasteiger partial charge in [0.2, 0.25) is 0 Å². The normalized spacial score (nSPS) is 11.7. The summed E-state index contributed by atoms with van der Waals surface area (Å²) in [6.07, 6.45) is 0.563. The molecule has 0 aliphatic carbocycles. The monoisotopic (exact) mass is 383 g/mol. The van der Waals surface area contributed by atoms with E-state index in [-0.39, 0.29) is 5.92 Å². The highest BCUT2D eigenvalue weighted by Crippen LogP contribution is 2.29. The first kappa shape index (κ1) is 16.2. The SMILES string of the molecule is N#C[C@H](CCOc1ccc(Br)cc1)c1ccc(Cl)cc1Cl. The fourth-order valence-corrected chi connectivity index (χ4v) is 2.70. The Hall–Kier alpha value is -1.21.